The Bertz CT molecular complexity index is 2720. The molecule has 0 N–H and O–H groups in total. The summed E-state index contributed by atoms with van der Waals surface area (Å²) in [4.78, 5) is 10.4. The zero-order chi connectivity index (χ0) is 34.8. The number of para-hydroxylation sites is 1. The molecule has 0 saturated carbocycles. The first-order chi connectivity index (χ1) is 25.5. The normalized spacial score (nSPS) is 13.0. The second-order valence-corrected chi connectivity index (χ2v) is 14.2. The summed E-state index contributed by atoms with van der Waals surface area (Å²) in [7, 11) is 0. The molecule has 0 fully saturated rings. The Morgan fingerprint density at radius 2 is 1.02 bits per heavy atom. The first kappa shape index (κ1) is 30.3. The van der Waals surface area contributed by atoms with Crippen LogP contribution in [0.2, 0.25) is 0 Å². The highest BCUT2D eigenvalue weighted by molar-refractivity contribution is 6.15. The summed E-state index contributed by atoms with van der Waals surface area (Å²) in [5.74, 6) is 0.707. The average molecular weight is 666 g/mol. The number of benzene rings is 7. The molecular formula is C49H35N3. The van der Waals surface area contributed by atoms with Crippen LogP contribution in [0.5, 0.6) is 0 Å². The van der Waals surface area contributed by atoms with Crippen LogP contribution in [-0.4, -0.2) is 14.5 Å². The first-order valence-electron chi connectivity index (χ1n) is 17.9. The quantitative estimate of drug-likeness (QED) is 0.183. The van der Waals surface area contributed by atoms with Gasteiger partial charge in [0.05, 0.1) is 22.4 Å². The van der Waals surface area contributed by atoms with Crippen molar-refractivity contribution in [3.8, 4) is 61.8 Å². The van der Waals surface area contributed by atoms with E-state index < -0.39 is 0 Å². The van der Waals surface area contributed by atoms with E-state index in [9.17, 15) is 0 Å². The van der Waals surface area contributed by atoms with Crippen LogP contribution in [-0.2, 0) is 5.41 Å². The lowest BCUT2D eigenvalue weighted by Gasteiger charge is -2.23. The molecule has 10 rings (SSSR count). The van der Waals surface area contributed by atoms with Crippen molar-refractivity contribution in [3.05, 3.63) is 187 Å². The molecule has 0 atom stereocenters. The maximum absolute atomic E-state index is 5.18. The van der Waals surface area contributed by atoms with Crippen LogP contribution < -0.4 is 0 Å². The molecule has 246 valence electrons. The Balaban J connectivity index is 1.22. The van der Waals surface area contributed by atoms with Gasteiger partial charge in [-0.05, 0) is 69.8 Å². The highest BCUT2D eigenvalue weighted by Crippen LogP contribution is 2.54. The minimum atomic E-state index is -0.189. The van der Waals surface area contributed by atoms with Gasteiger partial charge < -0.3 is 4.57 Å². The van der Waals surface area contributed by atoms with Crippen LogP contribution in [0.4, 0.5) is 0 Å². The maximum atomic E-state index is 5.18. The molecule has 0 spiro atoms. The van der Waals surface area contributed by atoms with Gasteiger partial charge in [-0.1, -0.05) is 153 Å². The smallest absolute Gasteiger partial charge is 0.160 e. The van der Waals surface area contributed by atoms with Gasteiger partial charge in [-0.25, -0.2) is 9.97 Å². The lowest BCUT2D eigenvalue weighted by atomic mass is 9.80. The predicted molar refractivity (Wildman–Crippen MR) is 216 cm³/mol. The van der Waals surface area contributed by atoms with Crippen molar-refractivity contribution in [2.75, 3.05) is 0 Å². The van der Waals surface area contributed by atoms with Crippen molar-refractivity contribution in [1.29, 1.82) is 0 Å². The van der Waals surface area contributed by atoms with E-state index in [-0.39, 0.29) is 5.41 Å². The van der Waals surface area contributed by atoms with Crippen molar-refractivity contribution in [2.45, 2.75) is 19.3 Å². The molecule has 0 amide bonds. The molecule has 7 aromatic carbocycles. The lowest BCUT2D eigenvalue weighted by Crippen LogP contribution is -2.15. The van der Waals surface area contributed by atoms with Gasteiger partial charge in [0.1, 0.15) is 0 Å². The molecule has 0 radical (unpaired) electrons. The third kappa shape index (κ3) is 4.74. The zero-order valence-electron chi connectivity index (χ0n) is 29.1. The van der Waals surface area contributed by atoms with Crippen molar-refractivity contribution < 1.29 is 0 Å². The molecule has 1 aliphatic carbocycles. The van der Waals surface area contributed by atoms with Crippen LogP contribution in [0.3, 0.4) is 0 Å². The summed E-state index contributed by atoms with van der Waals surface area (Å²) in [5.41, 5.74) is 16.1. The third-order valence-electron chi connectivity index (χ3n) is 10.8. The predicted octanol–water partition coefficient (Wildman–Crippen LogP) is 12.5. The summed E-state index contributed by atoms with van der Waals surface area (Å²) in [5, 5.41) is 2.53. The van der Waals surface area contributed by atoms with Gasteiger partial charge in [0.25, 0.3) is 0 Å². The van der Waals surface area contributed by atoms with E-state index in [0.29, 0.717) is 5.82 Å². The standard InChI is InChI=1S/C49H35N3/c1-49(2)41-27-24-35(32-15-7-3-8-16-32)29-40(41)38-26-28-44-46(47(38)49)39-25-23-36(30-45(39)52(44)37-21-13-6-14-22-37)48-50-42(33-17-9-4-10-18-33)31-43(51-48)34-19-11-5-12-20-34/h3-31H,1-2H3. The zero-order valence-corrected chi connectivity index (χ0v) is 29.1. The molecule has 0 bridgehead atoms. The maximum Gasteiger partial charge on any atom is 0.160 e. The Morgan fingerprint density at radius 3 is 1.65 bits per heavy atom. The topological polar surface area (TPSA) is 30.7 Å². The molecule has 0 saturated heterocycles. The molecule has 9 aromatic rings. The SMILES string of the molecule is CC1(C)c2ccc(-c3ccccc3)cc2-c2ccc3c(c21)c1ccc(-c2nc(-c4ccccc4)cc(-c4ccccc4)n2)cc1n3-c1ccccc1. The van der Waals surface area contributed by atoms with Crippen LogP contribution in [0.25, 0.3) is 83.6 Å². The second kappa shape index (κ2) is 11.8. The Hall–Kier alpha value is -6.58. The Labute approximate surface area is 303 Å². The summed E-state index contributed by atoms with van der Waals surface area (Å²) in [6, 6.07) is 62.7. The lowest BCUT2D eigenvalue weighted by molar-refractivity contribution is 0.666. The van der Waals surface area contributed by atoms with Gasteiger partial charge in [0.15, 0.2) is 5.82 Å². The highest BCUT2D eigenvalue weighted by atomic mass is 15.0. The summed E-state index contributed by atoms with van der Waals surface area (Å²) < 4.78 is 2.42. The largest absolute Gasteiger partial charge is 0.309 e. The molecule has 2 heterocycles. The van der Waals surface area contributed by atoms with E-state index >= 15 is 0 Å². The van der Waals surface area contributed by atoms with E-state index in [2.05, 4.69) is 182 Å². The number of rotatable bonds is 5. The third-order valence-corrected chi connectivity index (χ3v) is 10.8. The Morgan fingerprint density at radius 1 is 0.442 bits per heavy atom. The summed E-state index contributed by atoms with van der Waals surface area (Å²) in [6.45, 7) is 4.76. The van der Waals surface area contributed by atoms with E-state index in [4.69, 9.17) is 9.97 Å². The molecule has 52 heavy (non-hydrogen) atoms. The van der Waals surface area contributed by atoms with Crippen LogP contribution in [0.1, 0.15) is 25.0 Å². The van der Waals surface area contributed by atoms with E-state index in [1.54, 1.807) is 0 Å². The molecule has 3 nitrogen and oxygen atoms in total. The fraction of sp³-hybridized carbons (Fsp3) is 0.0612. The van der Waals surface area contributed by atoms with E-state index in [0.717, 1.165) is 39.3 Å². The van der Waals surface area contributed by atoms with Crippen molar-refractivity contribution in [2.24, 2.45) is 0 Å². The van der Waals surface area contributed by atoms with Crippen LogP contribution >= 0.6 is 0 Å². The average Bonchev–Trinajstić information content (AvgIpc) is 3.66. The monoisotopic (exact) mass is 665 g/mol. The number of hydrogen-bond donors (Lipinski definition) is 0. The minimum absolute atomic E-state index is 0.189. The van der Waals surface area contributed by atoms with E-state index in [1.807, 2.05) is 12.1 Å². The number of hydrogen-bond acceptors (Lipinski definition) is 2. The van der Waals surface area contributed by atoms with Gasteiger partial charge >= 0.3 is 0 Å². The summed E-state index contributed by atoms with van der Waals surface area (Å²) >= 11 is 0. The number of nitrogens with zero attached hydrogens (tertiary/aromatic N) is 3. The van der Waals surface area contributed by atoms with Gasteiger partial charge in [-0.2, -0.15) is 0 Å². The van der Waals surface area contributed by atoms with Gasteiger partial charge in [0, 0.05) is 38.6 Å². The highest BCUT2D eigenvalue weighted by Gasteiger charge is 2.38. The van der Waals surface area contributed by atoms with Crippen molar-refractivity contribution in [3.63, 3.8) is 0 Å². The van der Waals surface area contributed by atoms with Crippen molar-refractivity contribution in [1.82, 2.24) is 14.5 Å². The number of fused-ring (bicyclic) bond motifs is 7. The fourth-order valence-electron chi connectivity index (χ4n) is 8.32. The molecular weight excluding hydrogens is 631 g/mol. The number of aromatic nitrogens is 3. The summed E-state index contributed by atoms with van der Waals surface area (Å²) in [6.07, 6.45) is 0. The molecule has 0 unspecified atom stereocenters. The minimum Gasteiger partial charge on any atom is -0.309 e. The molecule has 0 aliphatic heterocycles. The Kier molecular flexibility index (Phi) is 6.84. The van der Waals surface area contributed by atoms with Crippen LogP contribution in [0, 0.1) is 0 Å². The van der Waals surface area contributed by atoms with E-state index in [1.165, 1.54) is 49.7 Å². The van der Waals surface area contributed by atoms with Gasteiger partial charge in [-0.3, -0.25) is 0 Å². The first-order valence-corrected chi connectivity index (χ1v) is 17.9. The fourth-order valence-corrected chi connectivity index (χ4v) is 8.32. The molecule has 1 aliphatic rings. The van der Waals surface area contributed by atoms with Gasteiger partial charge in [-0.15, -0.1) is 0 Å². The molecule has 2 aromatic heterocycles. The molecule has 3 heteroatoms. The van der Waals surface area contributed by atoms with Crippen LogP contribution in [0.15, 0.2) is 176 Å². The van der Waals surface area contributed by atoms with Gasteiger partial charge in [0.2, 0.25) is 0 Å². The van der Waals surface area contributed by atoms with Crippen molar-refractivity contribution >= 4 is 21.8 Å². The second-order valence-electron chi connectivity index (χ2n) is 14.2.